The molecule has 2 rings (SSSR count). The molecule has 2 aromatic rings. The highest BCUT2D eigenvalue weighted by atomic mass is 19.1. The van der Waals surface area contributed by atoms with Crippen LogP contribution in [0, 0.1) is 12.7 Å². The van der Waals surface area contributed by atoms with E-state index in [9.17, 15) is 4.39 Å². The van der Waals surface area contributed by atoms with Crippen molar-refractivity contribution in [2.45, 2.75) is 46.2 Å². The zero-order valence-corrected chi connectivity index (χ0v) is 13.1. The van der Waals surface area contributed by atoms with Gasteiger partial charge in [-0.25, -0.2) is 14.1 Å². The van der Waals surface area contributed by atoms with Crippen LogP contribution in [0.3, 0.4) is 0 Å². The summed E-state index contributed by atoms with van der Waals surface area (Å²) in [5.74, 6) is 0.732. The van der Waals surface area contributed by atoms with Crippen molar-refractivity contribution in [2.75, 3.05) is 6.54 Å². The van der Waals surface area contributed by atoms with Gasteiger partial charge in [0.25, 0.3) is 0 Å². The summed E-state index contributed by atoms with van der Waals surface area (Å²) < 4.78 is 16.3. The summed E-state index contributed by atoms with van der Waals surface area (Å²) in [6.07, 6.45) is 2.18. The fourth-order valence-electron chi connectivity index (χ4n) is 2.51. The normalized spacial score (nSPS) is 12.9. The number of rotatable bonds is 6. The van der Waals surface area contributed by atoms with E-state index in [1.807, 2.05) is 23.7 Å². The number of benzene rings is 1. The molecule has 0 fully saturated rings. The minimum atomic E-state index is -0.140. The highest BCUT2D eigenvalue weighted by molar-refractivity contribution is 5.28. The third kappa shape index (κ3) is 3.47. The summed E-state index contributed by atoms with van der Waals surface area (Å²) in [4.78, 5) is 4.33. The van der Waals surface area contributed by atoms with Crippen LogP contribution >= 0.6 is 0 Å². The average molecular weight is 290 g/mol. The van der Waals surface area contributed by atoms with Crippen molar-refractivity contribution in [3.8, 4) is 0 Å². The maximum Gasteiger partial charge on any atom is 0.138 e. The second kappa shape index (κ2) is 6.80. The maximum absolute atomic E-state index is 14.4. The van der Waals surface area contributed by atoms with Gasteiger partial charge in [0.1, 0.15) is 18.0 Å². The van der Waals surface area contributed by atoms with Crippen LogP contribution in [0.15, 0.2) is 24.5 Å². The lowest BCUT2D eigenvalue weighted by atomic mass is 10.00. The van der Waals surface area contributed by atoms with Crippen molar-refractivity contribution in [1.29, 1.82) is 0 Å². The van der Waals surface area contributed by atoms with Gasteiger partial charge in [-0.05, 0) is 32.9 Å². The van der Waals surface area contributed by atoms with Gasteiger partial charge in [0, 0.05) is 24.1 Å². The number of likely N-dealkylation sites (N-methyl/N-ethyl adjacent to an activating group) is 1. The Morgan fingerprint density at radius 1 is 1.33 bits per heavy atom. The Bertz CT molecular complexity index is 592. The molecular weight excluding hydrogens is 267 g/mol. The molecule has 1 heterocycles. The van der Waals surface area contributed by atoms with Crippen LogP contribution in [0.25, 0.3) is 0 Å². The van der Waals surface area contributed by atoms with Crippen LogP contribution in [-0.4, -0.2) is 21.3 Å². The molecule has 0 aliphatic heterocycles. The van der Waals surface area contributed by atoms with E-state index in [0.29, 0.717) is 17.5 Å². The molecule has 1 unspecified atom stereocenters. The molecule has 0 radical (unpaired) electrons. The summed E-state index contributed by atoms with van der Waals surface area (Å²) >= 11 is 0. The van der Waals surface area contributed by atoms with Gasteiger partial charge < -0.3 is 5.32 Å². The predicted molar refractivity (Wildman–Crippen MR) is 81.7 cm³/mol. The highest BCUT2D eigenvalue weighted by Gasteiger charge is 2.19. The smallest absolute Gasteiger partial charge is 0.138 e. The first kappa shape index (κ1) is 15.6. The van der Waals surface area contributed by atoms with Crippen LogP contribution in [0.5, 0.6) is 0 Å². The van der Waals surface area contributed by atoms with E-state index in [1.54, 1.807) is 19.3 Å². The van der Waals surface area contributed by atoms with Gasteiger partial charge in [-0.1, -0.05) is 25.1 Å². The molecule has 0 aliphatic carbocycles. The first-order valence-electron chi connectivity index (χ1n) is 7.41. The average Bonchev–Trinajstić information content (AvgIpc) is 2.90. The van der Waals surface area contributed by atoms with Crippen LogP contribution in [0.4, 0.5) is 4.39 Å². The van der Waals surface area contributed by atoms with Gasteiger partial charge in [-0.2, -0.15) is 5.10 Å². The Morgan fingerprint density at radius 2 is 2.10 bits per heavy atom. The topological polar surface area (TPSA) is 42.7 Å². The Kier molecular flexibility index (Phi) is 5.07. The lowest BCUT2D eigenvalue weighted by Gasteiger charge is -2.20. The van der Waals surface area contributed by atoms with E-state index in [4.69, 9.17) is 0 Å². The van der Waals surface area contributed by atoms with Crippen molar-refractivity contribution in [1.82, 2.24) is 20.1 Å². The Labute approximate surface area is 125 Å². The third-order valence-corrected chi connectivity index (χ3v) is 3.57. The second-order valence-corrected chi connectivity index (χ2v) is 5.51. The zero-order chi connectivity index (χ0) is 15.4. The number of aromatic nitrogens is 3. The van der Waals surface area contributed by atoms with Gasteiger partial charge in [-0.15, -0.1) is 0 Å². The molecule has 1 atom stereocenters. The number of aryl methyl sites for hydroxylation is 1. The second-order valence-electron chi connectivity index (χ2n) is 5.51. The maximum atomic E-state index is 14.4. The summed E-state index contributed by atoms with van der Waals surface area (Å²) in [6, 6.07) is 5.67. The van der Waals surface area contributed by atoms with Crippen molar-refractivity contribution < 1.29 is 4.39 Å². The summed E-state index contributed by atoms with van der Waals surface area (Å²) in [6.45, 7) is 8.71. The van der Waals surface area contributed by atoms with Crippen molar-refractivity contribution in [2.24, 2.45) is 0 Å². The molecule has 0 spiro atoms. The quantitative estimate of drug-likeness (QED) is 0.888. The highest BCUT2D eigenvalue weighted by Crippen LogP contribution is 2.23. The minimum absolute atomic E-state index is 0.100. The van der Waals surface area contributed by atoms with E-state index < -0.39 is 0 Å². The van der Waals surface area contributed by atoms with Gasteiger partial charge in [0.2, 0.25) is 0 Å². The molecule has 1 aromatic carbocycles. The molecular formula is C16H23FN4. The lowest BCUT2D eigenvalue weighted by Crippen LogP contribution is -2.26. The number of nitrogens with zero attached hydrogens (tertiary/aromatic N) is 3. The summed E-state index contributed by atoms with van der Waals surface area (Å²) in [5.41, 5.74) is 1.36. The predicted octanol–water partition coefficient (Wildman–Crippen LogP) is 3.20. The SMILES string of the molecule is CCNC(Cc1ncnn1C(C)C)c1cccc(C)c1F. The van der Waals surface area contributed by atoms with Crippen molar-refractivity contribution >= 4 is 0 Å². The molecule has 114 valence electrons. The van der Waals surface area contributed by atoms with Crippen LogP contribution in [0.1, 0.15) is 49.8 Å². The number of hydrogen-bond acceptors (Lipinski definition) is 3. The van der Waals surface area contributed by atoms with E-state index in [1.165, 1.54) is 0 Å². The summed E-state index contributed by atoms with van der Waals surface area (Å²) in [7, 11) is 0. The van der Waals surface area contributed by atoms with Crippen molar-refractivity contribution in [3.05, 3.63) is 47.3 Å². The number of hydrogen-bond donors (Lipinski definition) is 1. The number of halogens is 1. The molecule has 21 heavy (non-hydrogen) atoms. The number of nitrogens with one attached hydrogen (secondary N) is 1. The molecule has 0 saturated heterocycles. The summed E-state index contributed by atoms with van der Waals surface area (Å²) in [5, 5.41) is 7.60. The van der Waals surface area contributed by atoms with E-state index >= 15 is 0 Å². The molecule has 0 amide bonds. The minimum Gasteiger partial charge on any atom is -0.310 e. The Hall–Kier alpha value is -1.75. The van der Waals surface area contributed by atoms with Gasteiger partial charge >= 0.3 is 0 Å². The molecule has 1 aromatic heterocycles. The van der Waals surface area contributed by atoms with E-state index in [0.717, 1.165) is 12.4 Å². The largest absolute Gasteiger partial charge is 0.310 e. The standard InChI is InChI=1S/C16H23FN4/c1-5-18-14(13-8-6-7-12(4)16(13)17)9-15-19-10-20-21(15)11(2)3/h6-8,10-11,14,18H,5,9H2,1-4H3. The van der Waals surface area contributed by atoms with Gasteiger partial charge in [-0.3, -0.25) is 0 Å². The fraction of sp³-hybridized carbons (Fsp3) is 0.500. The van der Waals surface area contributed by atoms with Crippen LogP contribution in [0.2, 0.25) is 0 Å². The molecule has 0 bridgehead atoms. The lowest BCUT2D eigenvalue weighted by molar-refractivity contribution is 0.457. The molecule has 5 heteroatoms. The van der Waals surface area contributed by atoms with Crippen LogP contribution in [-0.2, 0) is 6.42 Å². The van der Waals surface area contributed by atoms with Gasteiger partial charge in [0.15, 0.2) is 0 Å². The van der Waals surface area contributed by atoms with Crippen molar-refractivity contribution in [3.63, 3.8) is 0 Å². The van der Waals surface area contributed by atoms with Gasteiger partial charge in [0.05, 0.1) is 0 Å². The first-order chi connectivity index (χ1) is 10.0. The zero-order valence-electron chi connectivity index (χ0n) is 13.1. The molecule has 0 aliphatic rings. The molecule has 4 nitrogen and oxygen atoms in total. The monoisotopic (exact) mass is 290 g/mol. The molecule has 0 saturated carbocycles. The van der Waals surface area contributed by atoms with E-state index in [-0.39, 0.29) is 17.9 Å². The Balaban J connectivity index is 2.31. The third-order valence-electron chi connectivity index (χ3n) is 3.57. The fourth-order valence-corrected chi connectivity index (χ4v) is 2.51. The van der Waals surface area contributed by atoms with E-state index in [2.05, 4.69) is 29.2 Å². The molecule has 1 N–H and O–H groups in total. The van der Waals surface area contributed by atoms with Crippen LogP contribution < -0.4 is 5.32 Å². The Morgan fingerprint density at radius 3 is 2.76 bits per heavy atom. The first-order valence-corrected chi connectivity index (χ1v) is 7.41.